The molecule has 14 heavy (non-hydrogen) atoms. The van der Waals surface area contributed by atoms with Crippen LogP contribution >= 0.6 is 11.6 Å². The van der Waals surface area contributed by atoms with Gasteiger partial charge in [0.1, 0.15) is 6.34 Å². The summed E-state index contributed by atoms with van der Waals surface area (Å²) in [6, 6.07) is 7.01. The Hall–Kier alpha value is -1.59. The highest BCUT2D eigenvalue weighted by molar-refractivity contribution is 6.30. The van der Waals surface area contributed by atoms with Gasteiger partial charge in [-0.3, -0.25) is 5.43 Å². The highest BCUT2D eigenvalue weighted by atomic mass is 35.5. The van der Waals surface area contributed by atoms with E-state index in [0.29, 0.717) is 5.02 Å². The van der Waals surface area contributed by atoms with Crippen LogP contribution in [0.3, 0.4) is 0 Å². The molecule has 0 amide bonds. The van der Waals surface area contributed by atoms with Crippen LogP contribution < -0.4 is 17.0 Å². The molecule has 0 bridgehead atoms. The maximum atomic E-state index is 5.69. The van der Waals surface area contributed by atoms with Crippen LogP contribution in [0.25, 0.3) is 0 Å². The van der Waals surface area contributed by atoms with E-state index in [1.807, 2.05) is 0 Å². The second-order valence-corrected chi connectivity index (χ2v) is 2.82. The number of guanidine groups is 1. The summed E-state index contributed by atoms with van der Waals surface area (Å²) in [4.78, 5) is 7.68. The van der Waals surface area contributed by atoms with Gasteiger partial charge in [0, 0.05) is 5.02 Å². The van der Waals surface area contributed by atoms with Gasteiger partial charge in [-0.15, -0.1) is 0 Å². The van der Waals surface area contributed by atoms with Gasteiger partial charge in [0.05, 0.1) is 5.69 Å². The lowest BCUT2D eigenvalue weighted by Gasteiger charge is -1.93. The first-order valence-corrected chi connectivity index (χ1v) is 4.18. The molecule has 5 N–H and O–H groups in total. The summed E-state index contributed by atoms with van der Waals surface area (Å²) in [7, 11) is 0. The van der Waals surface area contributed by atoms with Crippen molar-refractivity contribution >= 4 is 29.6 Å². The summed E-state index contributed by atoms with van der Waals surface area (Å²) in [5.41, 5.74) is 8.18. The van der Waals surface area contributed by atoms with E-state index in [9.17, 15) is 0 Å². The van der Waals surface area contributed by atoms with Crippen molar-refractivity contribution in [3.63, 3.8) is 0 Å². The molecule has 6 heteroatoms. The lowest BCUT2D eigenvalue weighted by molar-refractivity contribution is 1.01. The maximum Gasteiger partial charge on any atom is 0.209 e. The molecule has 0 saturated carbocycles. The standard InChI is InChI=1S/C8H10ClN5/c9-6-1-3-7(4-2-6)12-5-13-8(10)14-11/h1-5H,11H2,(H3,10,12,13,14). The van der Waals surface area contributed by atoms with E-state index < -0.39 is 0 Å². The van der Waals surface area contributed by atoms with Crippen LogP contribution in [0.15, 0.2) is 34.3 Å². The first kappa shape index (κ1) is 10.5. The van der Waals surface area contributed by atoms with Gasteiger partial charge in [-0.2, -0.15) is 0 Å². The Labute approximate surface area is 86.5 Å². The maximum absolute atomic E-state index is 5.69. The number of aliphatic imine (C=N–C) groups is 2. The largest absolute Gasteiger partial charge is 0.369 e. The predicted octanol–water partition coefficient (Wildman–Crippen LogP) is 0.778. The number of hydrazine groups is 1. The Balaban J connectivity index is 2.65. The molecule has 0 aliphatic carbocycles. The molecule has 0 aliphatic heterocycles. The SMILES string of the molecule is NNC(N)=NC=Nc1ccc(Cl)cc1. The van der Waals surface area contributed by atoms with Crippen molar-refractivity contribution in [3.05, 3.63) is 29.3 Å². The smallest absolute Gasteiger partial charge is 0.209 e. The molecule has 1 rings (SSSR count). The highest BCUT2D eigenvalue weighted by Gasteiger charge is 1.87. The predicted molar refractivity (Wildman–Crippen MR) is 58.5 cm³/mol. The third-order valence-corrected chi connectivity index (χ3v) is 1.63. The number of nitrogens with two attached hydrogens (primary N) is 2. The van der Waals surface area contributed by atoms with Crippen molar-refractivity contribution in [1.29, 1.82) is 0 Å². The molecule has 74 valence electrons. The minimum Gasteiger partial charge on any atom is -0.369 e. The summed E-state index contributed by atoms with van der Waals surface area (Å²) in [5, 5.41) is 0.663. The first-order valence-electron chi connectivity index (χ1n) is 3.80. The lowest BCUT2D eigenvalue weighted by Crippen LogP contribution is -2.36. The first-order chi connectivity index (χ1) is 6.72. The van der Waals surface area contributed by atoms with E-state index in [1.165, 1.54) is 6.34 Å². The molecule has 0 heterocycles. The van der Waals surface area contributed by atoms with Gasteiger partial charge in [-0.05, 0) is 24.3 Å². The van der Waals surface area contributed by atoms with E-state index >= 15 is 0 Å². The van der Waals surface area contributed by atoms with Crippen molar-refractivity contribution in [1.82, 2.24) is 5.43 Å². The number of nitrogens with zero attached hydrogens (tertiary/aromatic N) is 2. The van der Waals surface area contributed by atoms with Crippen molar-refractivity contribution in [3.8, 4) is 0 Å². The second kappa shape index (κ2) is 5.21. The van der Waals surface area contributed by atoms with Crippen molar-refractivity contribution in [2.45, 2.75) is 0 Å². The molecule has 0 atom stereocenters. The lowest BCUT2D eigenvalue weighted by atomic mass is 10.3. The van der Waals surface area contributed by atoms with Gasteiger partial charge in [0.25, 0.3) is 0 Å². The van der Waals surface area contributed by atoms with Gasteiger partial charge < -0.3 is 5.73 Å². The second-order valence-electron chi connectivity index (χ2n) is 2.38. The van der Waals surface area contributed by atoms with E-state index in [0.717, 1.165) is 5.69 Å². The molecule has 0 spiro atoms. The zero-order chi connectivity index (χ0) is 10.4. The summed E-state index contributed by atoms with van der Waals surface area (Å²) < 4.78 is 0. The Morgan fingerprint density at radius 1 is 1.36 bits per heavy atom. The molecule has 0 unspecified atom stereocenters. The van der Waals surface area contributed by atoms with E-state index in [4.69, 9.17) is 23.2 Å². The topological polar surface area (TPSA) is 88.8 Å². The minimum absolute atomic E-state index is 0.0997. The molecular formula is C8H10ClN5. The summed E-state index contributed by atoms with van der Waals surface area (Å²) in [6.07, 6.45) is 1.30. The molecule has 5 nitrogen and oxygen atoms in total. The number of halogens is 1. The molecule has 0 radical (unpaired) electrons. The van der Waals surface area contributed by atoms with Gasteiger partial charge in [-0.25, -0.2) is 15.8 Å². The number of benzene rings is 1. The quantitative estimate of drug-likeness (QED) is 0.292. The fourth-order valence-corrected chi connectivity index (χ4v) is 0.848. The monoisotopic (exact) mass is 211 g/mol. The Bertz CT molecular complexity index is 343. The third-order valence-electron chi connectivity index (χ3n) is 1.38. The number of hydrogen-bond acceptors (Lipinski definition) is 2. The van der Waals surface area contributed by atoms with Crippen LogP contribution in [0.1, 0.15) is 0 Å². The Morgan fingerprint density at radius 3 is 2.57 bits per heavy atom. The summed E-state index contributed by atoms with van der Waals surface area (Å²) in [6.45, 7) is 0. The number of rotatable bonds is 2. The summed E-state index contributed by atoms with van der Waals surface area (Å²) in [5.74, 6) is 5.09. The van der Waals surface area contributed by atoms with Crippen LogP contribution in [-0.4, -0.2) is 12.3 Å². The fourth-order valence-electron chi connectivity index (χ4n) is 0.722. The third kappa shape index (κ3) is 3.42. The van der Waals surface area contributed by atoms with Crippen LogP contribution in [0, 0.1) is 0 Å². The summed E-state index contributed by atoms with van der Waals surface area (Å²) >= 11 is 5.69. The van der Waals surface area contributed by atoms with Gasteiger partial charge in [0.2, 0.25) is 5.96 Å². The van der Waals surface area contributed by atoms with Crippen LogP contribution in [0.5, 0.6) is 0 Å². The van der Waals surface area contributed by atoms with Gasteiger partial charge >= 0.3 is 0 Å². The van der Waals surface area contributed by atoms with Gasteiger partial charge in [0.15, 0.2) is 0 Å². The zero-order valence-electron chi connectivity index (χ0n) is 7.31. The van der Waals surface area contributed by atoms with Crippen LogP contribution in [0.2, 0.25) is 5.02 Å². The van der Waals surface area contributed by atoms with Crippen molar-refractivity contribution < 1.29 is 0 Å². The minimum atomic E-state index is 0.0997. The van der Waals surface area contributed by atoms with Crippen LogP contribution in [-0.2, 0) is 0 Å². The zero-order valence-corrected chi connectivity index (χ0v) is 8.07. The van der Waals surface area contributed by atoms with E-state index in [1.54, 1.807) is 24.3 Å². The normalized spacial score (nSPS) is 12.0. The molecule has 0 saturated heterocycles. The molecule has 0 aromatic heterocycles. The molecule has 1 aromatic carbocycles. The number of hydrogen-bond donors (Lipinski definition) is 3. The highest BCUT2D eigenvalue weighted by Crippen LogP contribution is 2.15. The average molecular weight is 212 g/mol. The average Bonchev–Trinajstić information content (AvgIpc) is 2.21. The molecule has 0 aliphatic rings. The van der Waals surface area contributed by atoms with Crippen LogP contribution in [0.4, 0.5) is 5.69 Å². The van der Waals surface area contributed by atoms with Gasteiger partial charge in [-0.1, -0.05) is 11.6 Å². The van der Waals surface area contributed by atoms with Crippen molar-refractivity contribution in [2.75, 3.05) is 0 Å². The van der Waals surface area contributed by atoms with E-state index in [2.05, 4.69) is 15.4 Å². The number of nitrogens with one attached hydrogen (secondary N) is 1. The fraction of sp³-hybridized carbons (Fsp3) is 0. The molecule has 0 fully saturated rings. The van der Waals surface area contributed by atoms with Crippen molar-refractivity contribution in [2.24, 2.45) is 21.6 Å². The molecular weight excluding hydrogens is 202 g/mol. The Kier molecular flexibility index (Phi) is 3.90. The Morgan fingerprint density at radius 2 is 2.00 bits per heavy atom. The van der Waals surface area contributed by atoms with E-state index in [-0.39, 0.29) is 5.96 Å². The molecule has 1 aromatic rings.